The molecule has 0 spiro atoms. The number of ether oxygens (including phenoxy) is 1. The Morgan fingerprint density at radius 2 is 1.88 bits per heavy atom. The van der Waals surface area contributed by atoms with Crippen molar-refractivity contribution in [3.05, 3.63) is 60.2 Å². The third-order valence-corrected chi connectivity index (χ3v) is 4.37. The highest BCUT2D eigenvalue weighted by Gasteiger charge is 2.45. The molecule has 0 atom stereocenters. The lowest BCUT2D eigenvalue weighted by molar-refractivity contribution is -0.00950. The molecular weight excluding hydrogens is 354 g/mol. The first-order valence-electron chi connectivity index (χ1n) is 6.94. The van der Waals surface area contributed by atoms with Gasteiger partial charge in [-0.2, -0.15) is 17.2 Å². The fourth-order valence-electron chi connectivity index (χ4n) is 2.20. The predicted octanol–water partition coefficient (Wildman–Crippen LogP) is 3.76. The summed E-state index contributed by atoms with van der Waals surface area (Å²) in [6.07, 6.45) is 3.01. The van der Waals surface area contributed by atoms with E-state index in [1.54, 1.807) is 24.3 Å². The largest absolute Gasteiger partial charge is 0.454 e. The highest BCUT2D eigenvalue weighted by atomic mass is 32.2. The zero-order valence-corrected chi connectivity index (χ0v) is 13.7. The summed E-state index contributed by atoms with van der Waals surface area (Å²) in [6.45, 7) is 5.46. The maximum atomic E-state index is 13.2. The number of carbonyl (C=O) groups is 1. The van der Waals surface area contributed by atoms with Gasteiger partial charge < -0.3 is 4.74 Å². The second-order valence-corrected chi connectivity index (χ2v) is 6.65. The number of halogens is 2. The Bertz CT molecular complexity index is 964. The minimum Gasteiger partial charge on any atom is -0.454 e. The summed E-state index contributed by atoms with van der Waals surface area (Å²) in [5.41, 5.74) is 1.15. The molecule has 2 rings (SSSR count). The van der Waals surface area contributed by atoms with E-state index in [-0.39, 0.29) is 5.56 Å². The Morgan fingerprint density at radius 3 is 2.44 bits per heavy atom. The third-order valence-electron chi connectivity index (χ3n) is 3.49. The summed E-state index contributed by atoms with van der Waals surface area (Å²) < 4.78 is 60.3. The normalized spacial score (nSPS) is 12.0. The number of alkyl halides is 2. The molecule has 0 saturated carbocycles. The van der Waals surface area contributed by atoms with E-state index in [1.807, 2.05) is 6.07 Å². The van der Waals surface area contributed by atoms with Crippen molar-refractivity contribution in [2.75, 3.05) is 6.61 Å². The van der Waals surface area contributed by atoms with E-state index in [0.29, 0.717) is 10.9 Å². The van der Waals surface area contributed by atoms with Gasteiger partial charge in [-0.3, -0.25) is 4.55 Å². The summed E-state index contributed by atoms with van der Waals surface area (Å²) in [4.78, 5) is 12.1. The first-order valence-corrected chi connectivity index (χ1v) is 8.38. The second kappa shape index (κ2) is 6.73. The quantitative estimate of drug-likeness (QED) is 0.620. The minimum atomic E-state index is -5.68. The second-order valence-electron chi connectivity index (χ2n) is 5.10. The Balaban J connectivity index is 2.39. The van der Waals surface area contributed by atoms with Gasteiger partial charge >= 0.3 is 21.3 Å². The van der Waals surface area contributed by atoms with Crippen molar-refractivity contribution in [3.8, 4) is 0 Å². The maximum Gasteiger partial charge on any atom is 0.402 e. The third kappa shape index (κ3) is 3.75. The molecule has 5 nitrogen and oxygen atoms in total. The smallest absolute Gasteiger partial charge is 0.402 e. The van der Waals surface area contributed by atoms with E-state index >= 15 is 0 Å². The van der Waals surface area contributed by atoms with E-state index in [2.05, 4.69) is 17.9 Å². The maximum absolute atomic E-state index is 13.2. The van der Waals surface area contributed by atoms with Crippen molar-refractivity contribution in [2.24, 2.45) is 0 Å². The summed E-state index contributed by atoms with van der Waals surface area (Å²) in [6, 6.07) is 8.24. The number of benzene rings is 2. The number of hydrogen-bond acceptors (Lipinski definition) is 4. The molecule has 132 valence electrons. The van der Waals surface area contributed by atoms with Crippen LogP contribution in [0.1, 0.15) is 21.5 Å². The molecule has 0 bridgehead atoms. The van der Waals surface area contributed by atoms with Crippen molar-refractivity contribution in [3.63, 3.8) is 0 Å². The lowest BCUT2D eigenvalue weighted by Gasteiger charge is -2.14. The van der Waals surface area contributed by atoms with Crippen LogP contribution in [0.5, 0.6) is 0 Å². The molecule has 0 amide bonds. The molecule has 1 N–H and O–H groups in total. The molecule has 0 heterocycles. The number of rotatable bonds is 6. The van der Waals surface area contributed by atoms with Gasteiger partial charge in [0.2, 0.25) is 0 Å². The van der Waals surface area contributed by atoms with Crippen LogP contribution in [0, 0.1) is 0 Å². The van der Waals surface area contributed by atoms with Gasteiger partial charge in [-0.1, -0.05) is 43.5 Å². The van der Waals surface area contributed by atoms with Gasteiger partial charge in [0, 0.05) is 0 Å². The van der Waals surface area contributed by atoms with E-state index in [4.69, 9.17) is 4.55 Å². The molecular formula is C17H14F2O5S. The molecule has 0 unspecified atom stereocenters. The molecule has 0 aliphatic carbocycles. The number of fused-ring (bicyclic) bond motifs is 1. The average molecular weight is 368 g/mol. The number of carbonyl (C=O) groups excluding carboxylic acids is 1. The van der Waals surface area contributed by atoms with Gasteiger partial charge in [0.1, 0.15) is 0 Å². The molecule has 0 fully saturated rings. The van der Waals surface area contributed by atoms with Crippen molar-refractivity contribution >= 4 is 39.0 Å². The van der Waals surface area contributed by atoms with Gasteiger partial charge in [0.05, 0.1) is 5.56 Å². The molecule has 25 heavy (non-hydrogen) atoms. The molecule has 0 aromatic heterocycles. The Kier molecular flexibility index (Phi) is 5.05. The van der Waals surface area contributed by atoms with Crippen LogP contribution in [0.3, 0.4) is 0 Å². The Hall–Kier alpha value is -2.58. The molecule has 8 heteroatoms. The van der Waals surface area contributed by atoms with Crippen molar-refractivity contribution in [1.29, 1.82) is 0 Å². The van der Waals surface area contributed by atoms with Crippen LogP contribution in [-0.2, 0) is 14.9 Å². The first kappa shape index (κ1) is 18.8. The fourth-order valence-corrected chi connectivity index (χ4v) is 2.41. The average Bonchev–Trinajstić information content (AvgIpc) is 2.57. The SMILES string of the molecule is C=Cc1ccc2c(C=C)c(C(=O)OCC(F)(F)S(=O)(=O)O)ccc2c1. The molecule has 0 aliphatic rings. The van der Waals surface area contributed by atoms with Crippen LogP contribution in [0.2, 0.25) is 0 Å². The topological polar surface area (TPSA) is 80.7 Å². The molecule has 2 aromatic carbocycles. The lowest BCUT2D eigenvalue weighted by Crippen LogP contribution is -2.34. The Labute approximate surface area is 143 Å². The molecule has 0 saturated heterocycles. The van der Waals surface area contributed by atoms with Crippen LogP contribution in [0.25, 0.3) is 22.9 Å². The van der Waals surface area contributed by atoms with E-state index in [1.165, 1.54) is 12.1 Å². The van der Waals surface area contributed by atoms with E-state index < -0.39 is 27.9 Å². The van der Waals surface area contributed by atoms with Crippen LogP contribution in [0.15, 0.2) is 43.5 Å². The van der Waals surface area contributed by atoms with Crippen LogP contribution in [-0.4, -0.2) is 30.8 Å². The standard InChI is InChI=1S/C17H14F2O5S/c1-3-11-5-7-14-12(9-11)6-8-15(13(14)4-2)16(20)24-10-17(18,19)25(21,22)23/h3-9H,1-2,10H2,(H,21,22,23). The lowest BCUT2D eigenvalue weighted by atomic mass is 9.97. The highest BCUT2D eigenvalue weighted by Crippen LogP contribution is 2.27. The highest BCUT2D eigenvalue weighted by molar-refractivity contribution is 7.86. The van der Waals surface area contributed by atoms with Crippen LogP contribution in [0.4, 0.5) is 8.78 Å². The van der Waals surface area contributed by atoms with Gasteiger partial charge in [-0.15, -0.1) is 0 Å². The molecule has 2 aromatic rings. The van der Waals surface area contributed by atoms with Crippen molar-refractivity contribution in [2.45, 2.75) is 5.25 Å². The summed E-state index contributed by atoms with van der Waals surface area (Å²) in [5.74, 6) is -1.16. The summed E-state index contributed by atoms with van der Waals surface area (Å²) in [7, 11) is -5.68. The van der Waals surface area contributed by atoms with E-state index in [9.17, 15) is 22.0 Å². The summed E-state index contributed by atoms with van der Waals surface area (Å²) >= 11 is 0. The van der Waals surface area contributed by atoms with Gasteiger partial charge in [-0.25, -0.2) is 4.79 Å². The zero-order valence-electron chi connectivity index (χ0n) is 12.9. The van der Waals surface area contributed by atoms with E-state index in [0.717, 1.165) is 10.9 Å². The monoisotopic (exact) mass is 368 g/mol. The van der Waals surface area contributed by atoms with Crippen molar-refractivity contribution in [1.82, 2.24) is 0 Å². The van der Waals surface area contributed by atoms with Gasteiger partial charge in [0.25, 0.3) is 0 Å². The number of hydrogen-bond donors (Lipinski definition) is 1. The predicted molar refractivity (Wildman–Crippen MR) is 90.9 cm³/mol. The van der Waals surface area contributed by atoms with Gasteiger partial charge in [-0.05, 0) is 34.0 Å². The van der Waals surface area contributed by atoms with Gasteiger partial charge in [0.15, 0.2) is 6.61 Å². The van der Waals surface area contributed by atoms with Crippen molar-refractivity contribution < 1.29 is 31.3 Å². The Morgan fingerprint density at radius 1 is 1.20 bits per heavy atom. The zero-order chi connectivity index (χ0) is 18.8. The summed E-state index contributed by atoms with van der Waals surface area (Å²) in [5, 5.41) is -3.18. The minimum absolute atomic E-state index is 0.0556. The van der Waals surface area contributed by atoms with Crippen LogP contribution < -0.4 is 0 Å². The van der Waals surface area contributed by atoms with Crippen LogP contribution >= 0.6 is 0 Å². The first-order chi connectivity index (χ1) is 11.6. The molecule has 0 aliphatic heterocycles. The number of esters is 1. The fraction of sp³-hybridized carbons (Fsp3) is 0.118. The molecule has 0 radical (unpaired) electrons.